The molecule has 0 radical (unpaired) electrons. The number of aromatic nitrogens is 3. The zero-order chi connectivity index (χ0) is 17.8. The zero-order valence-corrected chi connectivity index (χ0v) is 15.0. The average Bonchev–Trinajstić information content (AvgIpc) is 2.92. The molecule has 6 nitrogen and oxygen atoms in total. The maximum atomic E-state index is 8.74. The standard InChI is InChI=1S/C18H21ClN4O2/c1-12-11-16(20-7-9-25-10-8-24)23-18(21-12)13(2)17(22-23)14-3-5-15(19)6-4-14/h3-6,11,20,24H,7-10H2,1-2H3. The van der Waals surface area contributed by atoms with Gasteiger partial charge in [0.25, 0.3) is 0 Å². The summed E-state index contributed by atoms with van der Waals surface area (Å²) in [6, 6.07) is 9.59. The molecule has 25 heavy (non-hydrogen) atoms. The molecule has 0 saturated heterocycles. The maximum Gasteiger partial charge on any atom is 0.161 e. The Balaban J connectivity index is 1.93. The minimum atomic E-state index is 0.0292. The molecule has 0 aliphatic heterocycles. The summed E-state index contributed by atoms with van der Waals surface area (Å²) in [5.41, 5.74) is 4.64. The van der Waals surface area contributed by atoms with Gasteiger partial charge in [0.15, 0.2) is 5.65 Å². The first-order valence-corrected chi connectivity index (χ1v) is 8.53. The molecule has 0 amide bonds. The first kappa shape index (κ1) is 17.7. The molecule has 1 aromatic carbocycles. The lowest BCUT2D eigenvalue weighted by molar-refractivity contribution is 0.0991. The van der Waals surface area contributed by atoms with Gasteiger partial charge in [-0.05, 0) is 26.0 Å². The molecule has 0 aliphatic rings. The fraction of sp³-hybridized carbons (Fsp3) is 0.333. The van der Waals surface area contributed by atoms with Crippen LogP contribution in [0.25, 0.3) is 16.9 Å². The summed E-state index contributed by atoms with van der Waals surface area (Å²) >= 11 is 5.98. The molecule has 0 unspecified atom stereocenters. The van der Waals surface area contributed by atoms with Crippen LogP contribution in [0.2, 0.25) is 5.02 Å². The van der Waals surface area contributed by atoms with Crippen LogP contribution in [-0.4, -0.2) is 46.1 Å². The molecule has 7 heteroatoms. The highest BCUT2D eigenvalue weighted by Gasteiger charge is 2.15. The summed E-state index contributed by atoms with van der Waals surface area (Å²) in [5.74, 6) is 0.860. The fourth-order valence-corrected chi connectivity index (χ4v) is 2.80. The normalized spacial score (nSPS) is 11.2. The number of aliphatic hydroxyl groups excluding tert-OH is 1. The van der Waals surface area contributed by atoms with Crippen LogP contribution in [0.15, 0.2) is 30.3 Å². The van der Waals surface area contributed by atoms with Crippen molar-refractivity contribution >= 4 is 23.1 Å². The van der Waals surface area contributed by atoms with Gasteiger partial charge in [-0.3, -0.25) is 0 Å². The van der Waals surface area contributed by atoms with Crippen LogP contribution >= 0.6 is 11.6 Å². The second-order valence-electron chi connectivity index (χ2n) is 5.76. The SMILES string of the molecule is Cc1cc(NCCOCCO)n2nc(-c3ccc(Cl)cc3)c(C)c2n1. The number of aliphatic hydroxyl groups is 1. The monoisotopic (exact) mass is 360 g/mol. The molecule has 2 aromatic heterocycles. The average molecular weight is 361 g/mol. The smallest absolute Gasteiger partial charge is 0.161 e. The highest BCUT2D eigenvalue weighted by molar-refractivity contribution is 6.30. The number of anilines is 1. The molecule has 2 N–H and O–H groups in total. The van der Waals surface area contributed by atoms with E-state index in [-0.39, 0.29) is 6.61 Å². The van der Waals surface area contributed by atoms with Crippen molar-refractivity contribution in [3.05, 3.63) is 46.6 Å². The van der Waals surface area contributed by atoms with Crippen LogP contribution < -0.4 is 5.32 Å². The Morgan fingerprint density at radius 2 is 1.96 bits per heavy atom. The number of halogens is 1. The fourth-order valence-electron chi connectivity index (χ4n) is 2.67. The highest BCUT2D eigenvalue weighted by Crippen LogP contribution is 2.27. The van der Waals surface area contributed by atoms with Gasteiger partial charge in [-0.1, -0.05) is 23.7 Å². The summed E-state index contributed by atoms with van der Waals surface area (Å²) in [5, 5.41) is 17.5. The number of aryl methyl sites for hydroxylation is 2. The van der Waals surface area contributed by atoms with E-state index in [0.29, 0.717) is 24.8 Å². The molecule has 3 rings (SSSR count). The number of hydrogen-bond acceptors (Lipinski definition) is 5. The van der Waals surface area contributed by atoms with E-state index in [0.717, 1.165) is 34.0 Å². The van der Waals surface area contributed by atoms with Crippen LogP contribution in [0.4, 0.5) is 5.82 Å². The number of hydrogen-bond donors (Lipinski definition) is 2. The summed E-state index contributed by atoms with van der Waals surface area (Å²) in [6.45, 7) is 5.48. The largest absolute Gasteiger partial charge is 0.394 e. The molecule has 0 atom stereocenters. The lowest BCUT2D eigenvalue weighted by Crippen LogP contribution is -2.14. The number of rotatable bonds is 7. The van der Waals surface area contributed by atoms with Crippen molar-refractivity contribution < 1.29 is 9.84 Å². The van der Waals surface area contributed by atoms with Crippen LogP contribution in [-0.2, 0) is 4.74 Å². The Morgan fingerprint density at radius 1 is 1.20 bits per heavy atom. The zero-order valence-electron chi connectivity index (χ0n) is 14.3. The quantitative estimate of drug-likeness (QED) is 0.633. The second-order valence-corrected chi connectivity index (χ2v) is 6.20. The second kappa shape index (κ2) is 7.82. The van der Waals surface area contributed by atoms with Gasteiger partial charge >= 0.3 is 0 Å². The molecule has 3 aromatic rings. The molecule has 0 bridgehead atoms. The van der Waals surface area contributed by atoms with Gasteiger partial charge in [0, 0.05) is 34.5 Å². The Bertz CT molecular complexity index is 862. The van der Waals surface area contributed by atoms with Crippen molar-refractivity contribution in [3.8, 4) is 11.3 Å². The van der Waals surface area contributed by atoms with Crippen molar-refractivity contribution in [2.24, 2.45) is 0 Å². The number of ether oxygens (including phenoxy) is 1. The van der Waals surface area contributed by atoms with Gasteiger partial charge in [0.1, 0.15) is 5.82 Å². The molecule has 132 valence electrons. The maximum absolute atomic E-state index is 8.74. The van der Waals surface area contributed by atoms with Crippen LogP contribution in [0.5, 0.6) is 0 Å². The number of benzene rings is 1. The molecule has 2 heterocycles. The molecular weight excluding hydrogens is 340 g/mol. The molecule has 0 fully saturated rings. The first-order valence-electron chi connectivity index (χ1n) is 8.15. The number of fused-ring (bicyclic) bond motifs is 1. The predicted molar refractivity (Wildman–Crippen MR) is 99.3 cm³/mol. The van der Waals surface area contributed by atoms with E-state index in [1.54, 1.807) is 0 Å². The molecular formula is C18H21ClN4O2. The topological polar surface area (TPSA) is 71.7 Å². The van der Waals surface area contributed by atoms with Gasteiger partial charge in [-0.2, -0.15) is 9.61 Å². The predicted octanol–water partition coefficient (Wildman–Crippen LogP) is 3.09. The van der Waals surface area contributed by atoms with E-state index in [9.17, 15) is 0 Å². The van der Waals surface area contributed by atoms with Crippen molar-refractivity contribution in [2.45, 2.75) is 13.8 Å². The molecule has 0 spiro atoms. The van der Waals surface area contributed by atoms with Gasteiger partial charge in [-0.15, -0.1) is 0 Å². The third-order valence-corrected chi connectivity index (χ3v) is 4.11. The van der Waals surface area contributed by atoms with Crippen LogP contribution in [0.3, 0.4) is 0 Å². The van der Waals surface area contributed by atoms with E-state index < -0.39 is 0 Å². The third kappa shape index (κ3) is 3.92. The minimum absolute atomic E-state index is 0.0292. The van der Waals surface area contributed by atoms with Gasteiger partial charge in [-0.25, -0.2) is 4.98 Å². The van der Waals surface area contributed by atoms with E-state index in [1.807, 2.05) is 48.7 Å². The van der Waals surface area contributed by atoms with Crippen molar-refractivity contribution in [2.75, 3.05) is 31.7 Å². The summed E-state index contributed by atoms with van der Waals surface area (Å²) in [6.07, 6.45) is 0. The van der Waals surface area contributed by atoms with Crippen molar-refractivity contribution in [1.29, 1.82) is 0 Å². The van der Waals surface area contributed by atoms with Gasteiger partial charge < -0.3 is 15.2 Å². The van der Waals surface area contributed by atoms with Gasteiger partial charge in [0.05, 0.1) is 25.5 Å². The Kier molecular flexibility index (Phi) is 5.53. The van der Waals surface area contributed by atoms with Crippen LogP contribution in [0.1, 0.15) is 11.3 Å². The highest BCUT2D eigenvalue weighted by atomic mass is 35.5. The van der Waals surface area contributed by atoms with E-state index in [1.165, 1.54) is 0 Å². The van der Waals surface area contributed by atoms with Crippen molar-refractivity contribution in [3.63, 3.8) is 0 Å². The number of nitrogens with one attached hydrogen (secondary N) is 1. The van der Waals surface area contributed by atoms with E-state index in [2.05, 4.69) is 10.3 Å². The lowest BCUT2D eigenvalue weighted by Gasteiger charge is -2.09. The first-order chi connectivity index (χ1) is 12.1. The molecule has 0 aliphatic carbocycles. The van der Waals surface area contributed by atoms with Crippen molar-refractivity contribution in [1.82, 2.24) is 14.6 Å². The Morgan fingerprint density at radius 3 is 2.68 bits per heavy atom. The third-order valence-electron chi connectivity index (χ3n) is 3.85. The number of nitrogens with zero attached hydrogens (tertiary/aromatic N) is 3. The summed E-state index contributed by atoms with van der Waals surface area (Å²) in [4.78, 5) is 4.63. The van der Waals surface area contributed by atoms with E-state index >= 15 is 0 Å². The Labute approximate surface area is 151 Å². The van der Waals surface area contributed by atoms with Crippen LogP contribution in [0, 0.1) is 13.8 Å². The van der Waals surface area contributed by atoms with Gasteiger partial charge in [0.2, 0.25) is 0 Å². The minimum Gasteiger partial charge on any atom is -0.394 e. The summed E-state index contributed by atoms with van der Waals surface area (Å²) < 4.78 is 7.10. The Hall–Kier alpha value is -2.15. The lowest BCUT2D eigenvalue weighted by atomic mass is 10.1. The van der Waals surface area contributed by atoms with E-state index in [4.69, 9.17) is 26.5 Å². The summed E-state index contributed by atoms with van der Waals surface area (Å²) in [7, 11) is 0. The molecule has 0 saturated carbocycles.